The summed E-state index contributed by atoms with van der Waals surface area (Å²) in [6.07, 6.45) is -4.99. The van der Waals surface area contributed by atoms with Crippen LogP contribution >= 0.6 is 0 Å². The van der Waals surface area contributed by atoms with Gasteiger partial charge in [-0.15, -0.1) is 0 Å². The Morgan fingerprint density at radius 1 is 1.26 bits per heavy atom. The zero-order valence-corrected chi connectivity index (χ0v) is 10.8. The first kappa shape index (κ1) is 13.9. The fourth-order valence-corrected chi connectivity index (χ4v) is 2.09. The first-order valence-electron chi connectivity index (χ1n) is 6.13. The molecule has 104 valence electrons. The van der Waals surface area contributed by atoms with E-state index < -0.39 is 18.6 Å². The highest BCUT2D eigenvalue weighted by molar-refractivity contribution is 5.78. The van der Waals surface area contributed by atoms with E-state index in [2.05, 4.69) is 5.32 Å². The molecule has 2 nitrogen and oxygen atoms in total. The molecule has 0 aliphatic rings. The lowest BCUT2D eigenvalue weighted by molar-refractivity contribution is -0.136. The molecule has 1 unspecified atom stereocenters. The zero-order chi connectivity index (χ0) is 14.0. The SMILES string of the molecule is CNC(CCC(F)(F)F)c1cc2cc(C)ccc2o1. The molecule has 1 aromatic carbocycles. The van der Waals surface area contributed by atoms with E-state index in [-0.39, 0.29) is 6.42 Å². The fourth-order valence-electron chi connectivity index (χ4n) is 2.09. The summed E-state index contributed by atoms with van der Waals surface area (Å²) in [6.45, 7) is 1.96. The molecule has 5 heteroatoms. The number of rotatable bonds is 4. The number of hydrogen-bond donors (Lipinski definition) is 1. The van der Waals surface area contributed by atoms with Gasteiger partial charge in [0.05, 0.1) is 6.04 Å². The molecule has 0 bridgehead atoms. The van der Waals surface area contributed by atoms with Crippen molar-refractivity contribution in [3.63, 3.8) is 0 Å². The standard InChI is InChI=1S/C14H16F3NO/c1-9-3-4-12-10(7-9)8-13(19-12)11(18-2)5-6-14(15,16)17/h3-4,7-8,11,18H,5-6H2,1-2H3. The first-order valence-corrected chi connectivity index (χ1v) is 6.13. The molecule has 1 aromatic heterocycles. The molecule has 2 rings (SSSR count). The number of aryl methyl sites for hydroxylation is 1. The van der Waals surface area contributed by atoms with Crippen molar-refractivity contribution in [1.82, 2.24) is 5.32 Å². The van der Waals surface area contributed by atoms with Crippen LogP contribution < -0.4 is 5.32 Å². The number of nitrogens with one attached hydrogen (secondary N) is 1. The molecule has 0 amide bonds. The lowest BCUT2D eigenvalue weighted by Gasteiger charge is -2.14. The predicted octanol–water partition coefficient (Wildman–Crippen LogP) is 4.34. The minimum atomic E-state index is -4.14. The van der Waals surface area contributed by atoms with E-state index in [0.717, 1.165) is 10.9 Å². The third kappa shape index (κ3) is 3.50. The Labute approximate surface area is 109 Å². The minimum Gasteiger partial charge on any atom is -0.459 e. The predicted molar refractivity (Wildman–Crippen MR) is 68.0 cm³/mol. The van der Waals surface area contributed by atoms with E-state index in [1.165, 1.54) is 0 Å². The van der Waals surface area contributed by atoms with Crippen LogP contribution in [0, 0.1) is 6.92 Å². The van der Waals surface area contributed by atoms with Crippen molar-refractivity contribution in [2.75, 3.05) is 7.05 Å². The van der Waals surface area contributed by atoms with E-state index in [1.54, 1.807) is 13.1 Å². The summed E-state index contributed by atoms with van der Waals surface area (Å²) in [5, 5.41) is 3.79. The number of benzene rings is 1. The molecule has 0 saturated heterocycles. The Morgan fingerprint density at radius 3 is 2.63 bits per heavy atom. The van der Waals surface area contributed by atoms with Gasteiger partial charge in [0, 0.05) is 11.8 Å². The van der Waals surface area contributed by atoms with Crippen molar-refractivity contribution in [2.45, 2.75) is 32.0 Å². The van der Waals surface area contributed by atoms with Gasteiger partial charge in [0.15, 0.2) is 0 Å². The Balaban J connectivity index is 2.20. The van der Waals surface area contributed by atoms with Crippen LogP contribution in [-0.4, -0.2) is 13.2 Å². The molecule has 1 atom stereocenters. The Kier molecular flexibility index (Phi) is 3.85. The van der Waals surface area contributed by atoms with Gasteiger partial charge < -0.3 is 9.73 Å². The second-order valence-corrected chi connectivity index (χ2v) is 4.69. The lowest BCUT2D eigenvalue weighted by atomic mass is 10.1. The Hall–Kier alpha value is -1.49. The third-order valence-corrected chi connectivity index (χ3v) is 3.10. The lowest BCUT2D eigenvalue weighted by Crippen LogP contribution is -2.19. The van der Waals surface area contributed by atoms with Gasteiger partial charge in [-0.05, 0) is 38.6 Å². The monoisotopic (exact) mass is 271 g/mol. The zero-order valence-electron chi connectivity index (χ0n) is 10.8. The van der Waals surface area contributed by atoms with Crippen LogP contribution in [0.4, 0.5) is 13.2 Å². The van der Waals surface area contributed by atoms with Gasteiger partial charge in [-0.1, -0.05) is 11.6 Å². The molecule has 0 radical (unpaired) electrons. The normalized spacial score (nSPS) is 13.9. The number of fused-ring (bicyclic) bond motifs is 1. The second-order valence-electron chi connectivity index (χ2n) is 4.69. The summed E-state index contributed by atoms with van der Waals surface area (Å²) in [4.78, 5) is 0. The molecule has 19 heavy (non-hydrogen) atoms. The molecule has 1 heterocycles. The molecular weight excluding hydrogens is 255 g/mol. The average molecular weight is 271 g/mol. The van der Waals surface area contributed by atoms with Crippen LogP contribution in [0.3, 0.4) is 0 Å². The Morgan fingerprint density at radius 2 is 2.00 bits per heavy atom. The van der Waals surface area contributed by atoms with Crippen LogP contribution in [0.2, 0.25) is 0 Å². The van der Waals surface area contributed by atoms with Crippen molar-refractivity contribution in [2.24, 2.45) is 0 Å². The highest BCUT2D eigenvalue weighted by Gasteiger charge is 2.29. The molecule has 0 spiro atoms. The average Bonchev–Trinajstić information content (AvgIpc) is 2.71. The quantitative estimate of drug-likeness (QED) is 0.894. The molecule has 2 aromatic rings. The number of furan rings is 1. The number of hydrogen-bond acceptors (Lipinski definition) is 2. The molecule has 0 aliphatic carbocycles. The van der Waals surface area contributed by atoms with Gasteiger partial charge in [0.2, 0.25) is 0 Å². The van der Waals surface area contributed by atoms with E-state index in [4.69, 9.17) is 4.42 Å². The summed E-state index contributed by atoms with van der Waals surface area (Å²) in [7, 11) is 1.64. The third-order valence-electron chi connectivity index (χ3n) is 3.10. The van der Waals surface area contributed by atoms with Crippen LogP contribution in [0.25, 0.3) is 11.0 Å². The molecular formula is C14H16F3NO. The largest absolute Gasteiger partial charge is 0.459 e. The maximum Gasteiger partial charge on any atom is 0.389 e. The van der Waals surface area contributed by atoms with Gasteiger partial charge in [-0.25, -0.2) is 0 Å². The first-order chi connectivity index (χ1) is 8.89. The van der Waals surface area contributed by atoms with E-state index >= 15 is 0 Å². The van der Waals surface area contributed by atoms with Gasteiger partial charge in [-0.2, -0.15) is 13.2 Å². The Bertz CT molecular complexity index is 559. The number of halogens is 3. The van der Waals surface area contributed by atoms with E-state index in [9.17, 15) is 13.2 Å². The van der Waals surface area contributed by atoms with Crippen LogP contribution in [0.15, 0.2) is 28.7 Å². The molecule has 0 fully saturated rings. The van der Waals surface area contributed by atoms with Gasteiger partial charge in [-0.3, -0.25) is 0 Å². The van der Waals surface area contributed by atoms with Crippen molar-refractivity contribution >= 4 is 11.0 Å². The number of alkyl halides is 3. The molecule has 0 aliphatic heterocycles. The van der Waals surface area contributed by atoms with Gasteiger partial charge in [0.1, 0.15) is 11.3 Å². The smallest absolute Gasteiger partial charge is 0.389 e. The van der Waals surface area contributed by atoms with Crippen LogP contribution in [0.1, 0.15) is 30.2 Å². The van der Waals surface area contributed by atoms with Crippen LogP contribution in [-0.2, 0) is 0 Å². The summed E-state index contributed by atoms with van der Waals surface area (Å²) in [5.74, 6) is 0.548. The molecule has 1 N–H and O–H groups in total. The topological polar surface area (TPSA) is 25.2 Å². The van der Waals surface area contributed by atoms with E-state index in [1.807, 2.05) is 25.1 Å². The summed E-state index contributed by atoms with van der Waals surface area (Å²) < 4.78 is 42.4. The minimum absolute atomic E-state index is 0.0290. The summed E-state index contributed by atoms with van der Waals surface area (Å²) >= 11 is 0. The van der Waals surface area contributed by atoms with Crippen molar-refractivity contribution in [3.8, 4) is 0 Å². The van der Waals surface area contributed by atoms with Crippen molar-refractivity contribution in [3.05, 3.63) is 35.6 Å². The summed E-state index contributed by atoms with van der Waals surface area (Å²) in [5.41, 5.74) is 1.80. The van der Waals surface area contributed by atoms with Gasteiger partial charge >= 0.3 is 6.18 Å². The van der Waals surface area contributed by atoms with Crippen molar-refractivity contribution < 1.29 is 17.6 Å². The molecule has 0 saturated carbocycles. The maximum absolute atomic E-state index is 12.3. The fraction of sp³-hybridized carbons (Fsp3) is 0.429. The summed E-state index contributed by atoms with van der Waals surface area (Å²) in [6, 6.07) is 7.09. The van der Waals surface area contributed by atoms with E-state index in [0.29, 0.717) is 11.3 Å². The maximum atomic E-state index is 12.3. The van der Waals surface area contributed by atoms with Crippen LogP contribution in [0.5, 0.6) is 0 Å². The highest BCUT2D eigenvalue weighted by atomic mass is 19.4. The highest BCUT2D eigenvalue weighted by Crippen LogP contribution is 2.30. The second kappa shape index (κ2) is 5.25. The van der Waals surface area contributed by atoms with Crippen molar-refractivity contribution in [1.29, 1.82) is 0 Å². The van der Waals surface area contributed by atoms with Gasteiger partial charge in [0.25, 0.3) is 0 Å².